The zero-order valence-electron chi connectivity index (χ0n) is 11.5. The minimum atomic E-state index is -0.0276. The molecular formula is C16H19N3O. The molecule has 2 fully saturated rings. The number of rotatable bonds is 3. The molecule has 4 heteroatoms. The van der Waals surface area contributed by atoms with Crippen LogP contribution >= 0.6 is 0 Å². The van der Waals surface area contributed by atoms with Gasteiger partial charge in [-0.05, 0) is 18.4 Å². The highest BCUT2D eigenvalue weighted by atomic mass is 16.5. The molecular weight excluding hydrogens is 250 g/mol. The Bertz CT molecular complexity index is 583. The van der Waals surface area contributed by atoms with Crippen LogP contribution in [0.4, 0.5) is 0 Å². The number of benzene rings is 1. The average molecular weight is 269 g/mol. The summed E-state index contributed by atoms with van der Waals surface area (Å²) in [4.78, 5) is 4.75. The van der Waals surface area contributed by atoms with Crippen molar-refractivity contribution in [3.8, 4) is 0 Å². The van der Waals surface area contributed by atoms with Crippen molar-refractivity contribution in [2.75, 3.05) is 13.1 Å². The van der Waals surface area contributed by atoms with Gasteiger partial charge in [0.1, 0.15) is 0 Å². The molecule has 104 valence electrons. The second-order valence-electron chi connectivity index (χ2n) is 5.97. The van der Waals surface area contributed by atoms with Gasteiger partial charge in [-0.25, -0.2) is 0 Å². The SMILES string of the molecule is c1ccc(C2(c3noc(C4CNC4)n3)CCCC2)cc1. The van der Waals surface area contributed by atoms with E-state index < -0.39 is 0 Å². The molecule has 1 saturated heterocycles. The van der Waals surface area contributed by atoms with Gasteiger partial charge in [-0.15, -0.1) is 0 Å². The minimum Gasteiger partial charge on any atom is -0.339 e. The zero-order chi connectivity index (χ0) is 13.4. The smallest absolute Gasteiger partial charge is 0.232 e. The largest absolute Gasteiger partial charge is 0.339 e. The number of nitrogens with zero attached hydrogens (tertiary/aromatic N) is 2. The van der Waals surface area contributed by atoms with Crippen LogP contribution in [-0.2, 0) is 5.41 Å². The summed E-state index contributed by atoms with van der Waals surface area (Å²) in [6, 6.07) is 10.7. The lowest BCUT2D eigenvalue weighted by atomic mass is 9.78. The Morgan fingerprint density at radius 2 is 1.85 bits per heavy atom. The maximum absolute atomic E-state index is 5.53. The van der Waals surface area contributed by atoms with Crippen molar-refractivity contribution in [2.45, 2.75) is 37.0 Å². The third kappa shape index (κ3) is 1.79. The first-order chi connectivity index (χ1) is 9.88. The molecule has 0 radical (unpaired) electrons. The summed E-state index contributed by atoms with van der Waals surface area (Å²) >= 11 is 0. The van der Waals surface area contributed by atoms with Gasteiger partial charge in [0.05, 0.1) is 11.3 Å². The normalized spacial score (nSPS) is 21.8. The summed E-state index contributed by atoms with van der Waals surface area (Å²) in [6.07, 6.45) is 4.73. The van der Waals surface area contributed by atoms with E-state index in [0.717, 1.165) is 37.6 Å². The number of nitrogens with one attached hydrogen (secondary N) is 1. The van der Waals surface area contributed by atoms with Gasteiger partial charge >= 0.3 is 0 Å². The second kappa shape index (κ2) is 4.70. The highest BCUT2D eigenvalue weighted by Crippen LogP contribution is 2.45. The topological polar surface area (TPSA) is 51.0 Å². The van der Waals surface area contributed by atoms with Gasteiger partial charge in [0.15, 0.2) is 5.82 Å². The first kappa shape index (κ1) is 12.1. The average Bonchev–Trinajstić information content (AvgIpc) is 3.07. The lowest BCUT2D eigenvalue weighted by molar-refractivity contribution is 0.303. The van der Waals surface area contributed by atoms with Crippen molar-refractivity contribution in [2.24, 2.45) is 0 Å². The molecule has 1 N–H and O–H groups in total. The maximum atomic E-state index is 5.53. The van der Waals surface area contributed by atoms with Crippen molar-refractivity contribution >= 4 is 0 Å². The molecule has 1 aliphatic heterocycles. The highest BCUT2D eigenvalue weighted by molar-refractivity contribution is 5.34. The van der Waals surface area contributed by atoms with E-state index in [1.807, 2.05) is 0 Å². The van der Waals surface area contributed by atoms with Gasteiger partial charge in [-0.3, -0.25) is 0 Å². The molecule has 2 heterocycles. The van der Waals surface area contributed by atoms with Crippen LogP contribution in [0.2, 0.25) is 0 Å². The van der Waals surface area contributed by atoms with Crippen molar-refractivity contribution in [3.05, 3.63) is 47.6 Å². The summed E-state index contributed by atoms with van der Waals surface area (Å²) in [7, 11) is 0. The van der Waals surface area contributed by atoms with Crippen molar-refractivity contribution in [1.29, 1.82) is 0 Å². The van der Waals surface area contributed by atoms with E-state index >= 15 is 0 Å². The van der Waals surface area contributed by atoms with Crippen LogP contribution in [0.3, 0.4) is 0 Å². The molecule has 0 amide bonds. The molecule has 2 aliphatic rings. The third-order valence-corrected chi connectivity index (χ3v) is 4.78. The van der Waals surface area contributed by atoms with Gasteiger partial charge < -0.3 is 9.84 Å². The molecule has 1 saturated carbocycles. The maximum Gasteiger partial charge on any atom is 0.232 e. The Kier molecular flexibility index (Phi) is 2.84. The molecule has 1 aromatic heterocycles. The summed E-state index contributed by atoms with van der Waals surface area (Å²) in [5.74, 6) is 2.11. The molecule has 4 rings (SSSR count). The molecule has 1 aromatic carbocycles. The van der Waals surface area contributed by atoms with E-state index in [0.29, 0.717) is 5.92 Å². The summed E-state index contributed by atoms with van der Waals surface area (Å²) in [5, 5.41) is 7.59. The zero-order valence-corrected chi connectivity index (χ0v) is 11.5. The molecule has 20 heavy (non-hydrogen) atoms. The monoisotopic (exact) mass is 269 g/mol. The highest BCUT2D eigenvalue weighted by Gasteiger charge is 2.42. The Morgan fingerprint density at radius 1 is 1.10 bits per heavy atom. The first-order valence-electron chi connectivity index (χ1n) is 7.49. The fourth-order valence-corrected chi connectivity index (χ4v) is 3.44. The van der Waals surface area contributed by atoms with E-state index in [2.05, 4.69) is 40.8 Å². The van der Waals surface area contributed by atoms with Gasteiger partial charge in [-0.2, -0.15) is 4.98 Å². The van der Waals surface area contributed by atoms with Crippen molar-refractivity contribution < 1.29 is 4.52 Å². The number of hydrogen-bond donors (Lipinski definition) is 1. The summed E-state index contributed by atoms with van der Waals surface area (Å²) in [5.41, 5.74) is 1.30. The van der Waals surface area contributed by atoms with Crippen LogP contribution in [0.5, 0.6) is 0 Å². The molecule has 0 unspecified atom stereocenters. The fourth-order valence-electron chi connectivity index (χ4n) is 3.44. The predicted molar refractivity (Wildman–Crippen MR) is 75.6 cm³/mol. The fraction of sp³-hybridized carbons (Fsp3) is 0.500. The molecule has 0 spiro atoms. The van der Waals surface area contributed by atoms with E-state index in [1.54, 1.807) is 0 Å². The van der Waals surface area contributed by atoms with E-state index in [9.17, 15) is 0 Å². The molecule has 0 atom stereocenters. The Balaban J connectivity index is 1.73. The Morgan fingerprint density at radius 3 is 2.50 bits per heavy atom. The van der Waals surface area contributed by atoms with Crippen LogP contribution < -0.4 is 5.32 Å². The quantitative estimate of drug-likeness (QED) is 0.930. The molecule has 0 bridgehead atoms. The van der Waals surface area contributed by atoms with E-state index in [1.165, 1.54) is 18.4 Å². The van der Waals surface area contributed by atoms with Gasteiger partial charge in [-0.1, -0.05) is 48.3 Å². The predicted octanol–water partition coefficient (Wildman–Crippen LogP) is 2.62. The van der Waals surface area contributed by atoms with Crippen LogP contribution in [0.25, 0.3) is 0 Å². The van der Waals surface area contributed by atoms with Crippen molar-refractivity contribution in [3.63, 3.8) is 0 Å². The lowest BCUT2D eigenvalue weighted by Crippen LogP contribution is -2.40. The third-order valence-electron chi connectivity index (χ3n) is 4.78. The number of hydrogen-bond acceptors (Lipinski definition) is 4. The summed E-state index contributed by atoms with van der Waals surface area (Å²) in [6.45, 7) is 1.92. The van der Waals surface area contributed by atoms with Gasteiger partial charge in [0.2, 0.25) is 5.89 Å². The van der Waals surface area contributed by atoms with Gasteiger partial charge in [0, 0.05) is 13.1 Å². The lowest BCUT2D eigenvalue weighted by Gasteiger charge is -2.26. The Labute approximate surface area is 118 Å². The van der Waals surface area contributed by atoms with Crippen LogP contribution in [-0.4, -0.2) is 23.2 Å². The number of aromatic nitrogens is 2. The second-order valence-corrected chi connectivity index (χ2v) is 5.97. The van der Waals surface area contributed by atoms with Crippen LogP contribution in [0.1, 0.15) is 48.9 Å². The van der Waals surface area contributed by atoms with E-state index in [4.69, 9.17) is 9.51 Å². The minimum absolute atomic E-state index is 0.0276. The molecule has 1 aliphatic carbocycles. The summed E-state index contributed by atoms with van der Waals surface area (Å²) < 4.78 is 5.53. The molecule has 4 nitrogen and oxygen atoms in total. The first-order valence-corrected chi connectivity index (χ1v) is 7.49. The van der Waals surface area contributed by atoms with Crippen LogP contribution in [0.15, 0.2) is 34.9 Å². The van der Waals surface area contributed by atoms with Gasteiger partial charge in [0.25, 0.3) is 0 Å². The van der Waals surface area contributed by atoms with Crippen LogP contribution in [0, 0.1) is 0 Å². The Hall–Kier alpha value is -1.68. The van der Waals surface area contributed by atoms with Crippen molar-refractivity contribution in [1.82, 2.24) is 15.5 Å². The standard InChI is InChI=1S/C16H19N3O/c1-2-6-13(7-3-1)16(8-4-5-9-16)15-18-14(20-19-15)12-10-17-11-12/h1-3,6-7,12,17H,4-5,8-11H2. The molecule has 2 aromatic rings. The van der Waals surface area contributed by atoms with E-state index in [-0.39, 0.29) is 5.41 Å².